The van der Waals surface area contributed by atoms with Gasteiger partial charge in [0.05, 0.1) is 5.69 Å². The van der Waals surface area contributed by atoms with Gasteiger partial charge in [0.25, 0.3) is 5.88 Å². The number of aryl methyl sites for hydroxylation is 1. The first-order chi connectivity index (χ1) is 7.81. The number of hydrogen-bond acceptors (Lipinski definition) is 4. The molecule has 0 bridgehead atoms. The highest BCUT2D eigenvalue weighted by atomic mass is 19.1. The van der Waals surface area contributed by atoms with E-state index in [9.17, 15) is 4.39 Å². The molecule has 1 aliphatic heterocycles. The quantitative estimate of drug-likeness (QED) is 0.842. The number of piperidine rings is 1. The molecule has 1 N–H and O–H groups in total. The number of halogens is 1. The summed E-state index contributed by atoms with van der Waals surface area (Å²) in [7, 11) is 0. The van der Waals surface area contributed by atoms with Crippen molar-refractivity contribution in [3.8, 4) is 5.88 Å². The van der Waals surface area contributed by atoms with E-state index in [1.165, 1.54) is 6.33 Å². The van der Waals surface area contributed by atoms with Crippen LogP contribution in [0.25, 0.3) is 0 Å². The second-order valence-corrected chi connectivity index (χ2v) is 3.86. The normalized spacial score (nSPS) is 17.4. The topological polar surface area (TPSA) is 47.0 Å². The first-order valence-electron chi connectivity index (χ1n) is 5.68. The lowest BCUT2D eigenvalue weighted by atomic mass is 10.1. The summed E-state index contributed by atoms with van der Waals surface area (Å²) in [5.74, 6) is -0.317. The highest BCUT2D eigenvalue weighted by Crippen LogP contribution is 2.19. The van der Waals surface area contributed by atoms with Crippen molar-refractivity contribution in [3.05, 3.63) is 17.8 Å². The molecule has 0 radical (unpaired) electrons. The number of aromatic nitrogens is 2. The van der Waals surface area contributed by atoms with Crippen LogP contribution in [0.4, 0.5) is 4.39 Å². The van der Waals surface area contributed by atoms with E-state index >= 15 is 0 Å². The molecule has 2 rings (SSSR count). The van der Waals surface area contributed by atoms with Crippen LogP contribution in [-0.2, 0) is 6.42 Å². The van der Waals surface area contributed by atoms with Crippen LogP contribution >= 0.6 is 0 Å². The molecule has 0 aromatic carbocycles. The average Bonchev–Trinajstić information content (AvgIpc) is 2.33. The second kappa shape index (κ2) is 5.21. The summed E-state index contributed by atoms with van der Waals surface area (Å²) >= 11 is 0. The van der Waals surface area contributed by atoms with Crippen molar-refractivity contribution in [1.29, 1.82) is 0 Å². The lowest BCUT2D eigenvalue weighted by Crippen LogP contribution is -2.34. The molecule has 1 aliphatic rings. The van der Waals surface area contributed by atoms with E-state index in [1.807, 2.05) is 6.92 Å². The highest BCUT2D eigenvalue weighted by Gasteiger charge is 2.18. The van der Waals surface area contributed by atoms with Crippen LogP contribution in [0.5, 0.6) is 5.88 Å². The predicted molar refractivity (Wildman–Crippen MR) is 57.9 cm³/mol. The third-order valence-corrected chi connectivity index (χ3v) is 2.73. The summed E-state index contributed by atoms with van der Waals surface area (Å²) in [6, 6.07) is 0. The van der Waals surface area contributed by atoms with Crippen molar-refractivity contribution >= 4 is 0 Å². The zero-order valence-corrected chi connectivity index (χ0v) is 9.37. The molecule has 0 unspecified atom stereocenters. The Balaban J connectivity index is 2.08. The van der Waals surface area contributed by atoms with E-state index in [1.54, 1.807) is 0 Å². The molecule has 5 heteroatoms. The minimum absolute atomic E-state index is 0.0651. The maximum atomic E-state index is 13.8. The summed E-state index contributed by atoms with van der Waals surface area (Å²) in [5.41, 5.74) is 0.416. The first kappa shape index (κ1) is 11.3. The molecule has 1 fully saturated rings. The van der Waals surface area contributed by atoms with Crippen LogP contribution in [0.2, 0.25) is 0 Å². The van der Waals surface area contributed by atoms with Gasteiger partial charge in [-0.2, -0.15) is 9.37 Å². The Morgan fingerprint density at radius 2 is 2.19 bits per heavy atom. The van der Waals surface area contributed by atoms with Crippen molar-refractivity contribution in [1.82, 2.24) is 15.3 Å². The minimum Gasteiger partial charge on any atom is -0.472 e. The molecule has 0 aliphatic carbocycles. The number of nitrogens with zero attached hydrogens (tertiary/aromatic N) is 2. The van der Waals surface area contributed by atoms with Gasteiger partial charge in [0.15, 0.2) is 0 Å². The molecule has 0 atom stereocenters. The maximum absolute atomic E-state index is 13.8. The van der Waals surface area contributed by atoms with E-state index in [-0.39, 0.29) is 12.0 Å². The van der Waals surface area contributed by atoms with Gasteiger partial charge in [0, 0.05) is 0 Å². The van der Waals surface area contributed by atoms with E-state index in [4.69, 9.17) is 4.74 Å². The molecule has 0 amide bonds. The fourth-order valence-corrected chi connectivity index (χ4v) is 1.79. The smallest absolute Gasteiger partial charge is 0.254 e. The Bertz CT molecular complexity index is 353. The third kappa shape index (κ3) is 2.47. The van der Waals surface area contributed by atoms with Crippen molar-refractivity contribution in [2.24, 2.45) is 0 Å². The molecular weight excluding hydrogens is 209 g/mol. The Kier molecular flexibility index (Phi) is 3.66. The molecule has 4 nitrogen and oxygen atoms in total. The molecule has 16 heavy (non-hydrogen) atoms. The Morgan fingerprint density at radius 3 is 2.88 bits per heavy atom. The van der Waals surface area contributed by atoms with Gasteiger partial charge in [-0.25, -0.2) is 4.98 Å². The van der Waals surface area contributed by atoms with E-state index in [2.05, 4.69) is 15.3 Å². The Labute approximate surface area is 94.2 Å². The summed E-state index contributed by atoms with van der Waals surface area (Å²) in [6.07, 6.45) is 3.76. The van der Waals surface area contributed by atoms with Crippen molar-refractivity contribution in [2.75, 3.05) is 13.1 Å². The molecular formula is C11H16FN3O. The second-order valence-electron chi connectivity index (χ2n) is 3.86. The maximum Gasteiger partial charge on any atom is 0.254 e. The number of rotatable bonds is 3. The molecule has 1 saturated heterocycles. The number of nitrogens with one attached hydrogen (secondary N) is 1. The van der Waals surface area contributed by atoms with Gasteiger partial charge in [-0.1, -0.05) is 6.92 Å². The van der Waals surface area contributed by atoms with Crippen LogP contribution < -0.4 is 10.1 Å². The van der Waals surface area contributed by atoms with Crippen LogP contribution in [0, 0.1) is 5.82 Å². The van der Waals surface area contributed by atoms with Crippen LogP contribution in [0.1, 0.15) is 25.5 Å². The zero-order chi connectivity index (χ0) is 11.4. The monoisotopic (exact) mass is 225 g/mol. The van der Waals surface area contributed by atoms with Crippen LogP contribution in [0.3, 0.4) is 0 Å². The van der Waals surface area contributed by atoms with Gasteiger partial charge in [-0.15, -0.1) is 0 Å². The molecule has 0 saturated carbocycles. The van der Waals surface area contributed by atoms with Crippen molar-refractivity contribution in [3.63, 3.8) is 0 Å². The summed E-state index contributed by atoms with van der Waals surface area (Å²) < 4.78 is 19.3. The van der Waals surface area contributed by atoms with Gasteiger partial charge in [0.1, 0.15) is 12.4 Å². The summed E-state index contributed by atoms with van der Waals surface area (Å²) in [6.45, 7) is 3.69. The van der Waals surface area contributed by atoms with Crippen LogP contribution in [-0.4, -0.2) is 29.2 Å². The van der Waals surface area contributed by atoms with Gasteiger partial charge in [0.2, 0.25) is 5.82 Å². The lowest BCUT2D eigenvalue weighted by Gasteiger charge is -2.23. The predicted octanol–water partition coefficient (Wildman–Crippen LogP) is 1.31. The van der Waals surface area contributed by atoms with Gasteiger partial charge < -0.3 is 10.1 Å². The fraction of sp³-hybridized carbons (Fsp3) is 0.636. The zero-order valence-electron chi connectivity index (χ0n) is 9.37. The number of ether oxygens (including phenoxy) is 1. The van der Waals surface area contributed by atoms with Gasteiger partial charge in [-0.3, -0.25) is 0 Å². The van der Waals surface area contributed by atoms with E-state index in [0.29, 0.717) is 12.1 Å². The highest BCUT2D eigenvalue weighted by molar-refractivity contribution is 5.17. The Hall–Kier alpha value is -1.23. The van der Waals surface area contributed by atoms with E-state index in [0.717, 1.165) is 25.9 Å². The first-order valence-corrected chi connectivity index (χ1v) is 5.68. The van der Waals surface area contributed by atoms with Crippen molar-refractivity contribution < 1.29 is 9.13 Å². The SMILES string of the molecule is CCc1ncnc(OC2CCNCC2)c1F. The third-order valence-electron chi connectivity index (χ3n) is 2.73. The Morgan fingerprint density at radius 1 is 1.44 bits per heavy atom. The number of hydrogen-bond donors (Lipinski definition) is 1. The van der Waals surface area contributed by atoms with Crippen molar-refractivity contribution in [2.45, 2.75) is 32.3 Å². The summed E-state index contributed by atoms with van der Waals surface area (Å²) in [4.78, 5) is 7.72. The molecule has 1 aromatic heterocycles. The fourth-order valence-electron chi connectivity index (χ4n) is 1.79. The summed E-state index contributed by atoms with van der Waals surface area (Å²) in [5, 5.41) is 3.23. The van der Waals surface area contributed by atoms with Crippen LogP contribution in [0.15, 0.2) is 6.33 Å². The molecule has 1 aromatic rings. The standard InChI is InChI=1S/C11H16FN3O/c1-2-9-10(12)11(15-7-14-9)16-8-3-5-13-6-4-8/h7-8,13H,2-6H2,1H3. The van der Waals surface area contributed by atoms with E-state index < -0.39 is 5.82 Å². The minimum atomic E-state index is -0.413. The largest absolute Gasteiger partial charge is 0.472 e. The van der Waals surface area contributed by atoms with Gasteiger partial charge in [-0.05, 0) is 32.4 Å². The lowest BCUT2D eigenvalue weighted by molar-refractivity contribution is 0.148. The molecule has 88 valence electrons. The molecule has 2 heterocycles. The average molecular weight is 225 g/mol. The molecule has 0 spiro atoms. The van der Waals surface area contributed by atoms with Gasteiger partial charge >= 0.3 is 0 Å².